The van der Waals surface area contributed by atoms with E-state index in [0.29, 0.717) is 12.3 Å². The summed E-state index contributed by atoms with van der Waals surface area (Å²) in [6.45, 7) is 2.15. The molecule has 0 aromatic heterocycles. The average Bonchev–Trinajstić information content (AvgIpc) is 2.73. The highest BCUT2D eigenvalue weighted by atomic mass is 16.4. The van der Waals surface area contributed by atoms with Crippen molar-refractivity contribution in [1.82, 2.24) is 4.90 Å². The Labute approximate surface area is 72.4 Å². The average molecular weight is 169 g/mol. The lowest BCUT2D eigenvalue weighted by atomic mass is 10.1. The van der Waals surface area contributed by atoms with Crippen molar-refractivity contribution in [3.8, 4) is 0 Å². The van der Waals surface area contributed by atoms with Crippen LogP contribution in [-0.2, 0) is 4.79 Å². The van der Waals surface area contributed by atoms with E-state index in [2.05, 4.69) is 4.90 Å². The molecule has 1 aliphatic carbocycles. The lowest BCUT2D eigenvalue weighted by molar-refractivity contribution is -0.138. The van der Waals surface area contributed by atoms with Gasteiger partial charge in [0.15, 0.2) is 0 Å². The molecule has 1 saturated heterocycles. The van der Waals surface area contributed by atoms with E-state index in [4.69, 9.17) is 5.11 Å². The van der Waals surface area contributed by atoms with Gasteiger partial charge in [-0.15, -0.1) is 0 Å². The van der Waals surface area contributed by atoms with Gasteiger partial charge >= 0.3 is 5.97 Å². The Kier molecular flexibility index (Phi) is 2.05. The van der Waals surface area contributed by atoms with Crippen LogP contribution in [-0.4, -0.2) is 35.1 Å². The minimum absolute atomic E-state index is 0.364. The number of aliphatic carboxylic acids is 1. The first-order chi connectivity index (χ1) is 5.75. The van der Waals surface area contributed by atoms with Gasteiger partial charge in [-0.05, 0) is 31.7 Å². The normalized spacial score (nSPS) is 30.8. The largest absolute Gasteiger partial charge is 0.481 e. The first kappa shape index (κ1) is 8.05. The molecule has 3 nitrogen and oxygen atoms in total. The molecule has 1 aliphatic heterocycles. The maximum Gasteiger partial charge on any atom is 0.303 e. The van der Waals surface area contributed by atoms with Crippen molar-refractivity contribution in [2.75, 3.05) is 13.1 Å². The van der Waals surface area contributed by atoms with Crippen LogP contribution in [0.3, 0.4) is 0 Å². The van der Waals surface area contributed by atoms with Gasteiger partial charge in [-0.25, -0.2) is 0 Å². The fraction of sp³-hybridized carbons (Fsp3) is 0.889. The number of rotatable bonds is 3. The molecule has 1 atom stereocenters. The summed E-state index contributed by atoms with van der Waals surface area (Å²) in [5, 5.41) is 8.60. The van der Waals surface area contributed by atoms with Crippen molar-refractivity contribution in [3.63, 3.8) is 0 Å². The molecule has 2 rings (SSSR count). The molecular formula is C9H15NO2. The second kappa shape index (κ2) is 3.05. The highest BCUT2D eigenvalue weighted by Crippen LogP contribution is 2.32. The van der Waals surface area contributed by atoms with Gasteiger partial charge in [-0.3, -0.25) is 4.79 Å². The number of hydrogen-bond acceptors (Lipinski definition) is 2. The van der Waals surface area contributed by atoms with Crippen LogP contribution in [0.15, 0.2) is 0 Å². The third-order valence-electron chi connectivity index (χ3n) is 2.84. The van der Waals surface area contributed by atoms with Crippen LogP contribution >= 0.6 is 0 Å². The Bertz CT molecular complexity index is 189. The minimum Gasteiger partial charge on any atom is -0.481 e. The molecule has 3 heteroatoms. The molecule has 2 fully saturated rings. The van der Waals surface area contributed by atoms with E-state index >= 15 is 0 Å². The number of carboxylic acid groups (broad SMARTS) is 1. The molecular weight excluding hydrogens is 154 g/mol. The topological polar surface area (TPSA) is 40.5 Å². The van der Waals surface area contributed by atoms with Crippen molar-refractivity contribution >= 4 is 5.97 Å². The molecule has 0 spiro atoms. The van der Waals surface area contributed by atoms with E-state index in [1.807, 2.05) is 0 Å². The molecule has 2 aliphatic rings. The monoisotopic (exact) mass is 169 g/mol. The second-order valence-electron chi connectivity index (χ2n) is 3.98. The number of carbonyl (C=O) groups is 1. The van der Waals surface area contributed by atoms with Crippen molar-refractivity contribution in [3.05, 3.63) is 0 Å². The number of hydrogen-bond donors (Lipinski definition) is 1. The molecule has 0 bridgehead atoms. The Morgan fingerprint density at radius 2 is 2.17 bits per heavy atom. The summed E-state index contributed by atoms with van der Waals surface area (Å²) in [5.41, 5.74) is 0. The lowest BCUT2D eigenvalue weighted by Gasteiger charge is -2.13. The molecule has 1 heterocycles. The fourth-order valence-corrected chi connectivity index (χ4v) is 2.05. The molecule has 0 aromatic carbocycles. The standard InChI is InChI=1S/C9H15NO2/c11-9(12)5-7-3-4-10(6-7)8-1-2-8/h7-8H,1-6H2,(H,11,12). The van der Waals surface area contributed by atoms with Gasteiger partial charge in [0.05, 0.1) is 0 Å². The molecule has 68 valence electrons. The van der Waals surface area contributed by atoms with Crippen molar-refractivity contribution in [1.29, 1.82) is 0 Å². The molecule has 12 heavy (non-hydrogen) atoms. The third-order valence-corrected chi connectivity index (χ3v) is 2.84. The number of likely N-dealkylation sites (tertiary alicyclic amines) is 1. The van der Waals surface area contributed by atoms with Crippen LogP contribution in [0.5, 0.6) is 0 Å². The zero-order valence-corrected chi connectivity index (χ0v) is 7.20. The quantitative estimate of drug-likeness (QED) is 0.683. The van der Waals surface area contributed by atoms with Gasteiger partial charge in [0.1, 0.15) is 0 Å². The van der Waals surface area contributed by atoms with Gasteiger partial charge in [-0.1, -0.05) is 0 Å². The first-order valence-corrected chi connectivity index (χ1v) is 4.71. The third kappa shape index (κ3) is 1.78. The molecule has 0 radical (unpaired) electrons. The maximum atomic E-state index is 10.4. The molecule has 1 N–H and O–H groups in total. The van der Waals surface area contributed by atoms with E-state index in [1.54, 1.807) is 0 Å². The van der Waals surface area contributed by atoms with Crippen molar-refractivity contribution in [2.24, 2.45) is 5.92 Å². The summed E-state index contributed by atoms with van der Waals surface area (Å²) in [6.07, 6.45) is 4.12. The predicted molar refractivity (Wildman–Crippen MR) is 45.0 cm³/mol. The molecule has 0 amide bonds. The van der Waals surface area contributed by atoms with E-state index in [0.717, 1.165) is 25.6 Å². The zero-order chi connectivity index (χ0) is 8.55. The Morgan fingerprint density at radius 3 is 2.75 bits per heavy atom. The second-order valence-corrected chi connectivity index (χ2v) is 3.98. The van der Waals surface area contributed by atoms with Crippen molar-refractivity contribution < 1.29 is 9.90 Å². The highest BCUT2D eigenvalue weighted by molar-refractivity contribution is 5.67. The van der Waals surface area contributed by atoms with Crippen LogP contribution in [0, 0.1) is 5.92 Å². The van der Waals surface area contributed by atoms with Gasteiger partial charge < -0.3 is 10.0 Å². The van der Waals surface area contributed by atoms with E-state index in [9.17, 15) is 4.79 Å². The zero-order valence-electron chi connectivity index (χ0n) is 7.20. The Hall–Kier alpha value is -0.570. The Balaban J connectivity index is 1.77. The molecule has 1 saturated carbocycles. The van der Waals surface area contributed by atoms with E-state index in [-0.39, 0.29) is 0 Å². The van der Waals surface area contributed by atoms with Crippen molar-refractivity contribution in [2.45, 2.75) is 31.7 Å². The lowest BCUT2D eigenvalue weighted by Crippen LogP contribution is -2.23. The maximum absolute atomic E-state index is 10.4. The highest BCUT2D eigenvalue weighted by Gasteiger charge is 2.34. The van der Waals surface area contributed by atoms with Crippen LogP contribution in [0.4, 0.5) is 0 Å². The van der Waals surface area contributed by atoms with Crippen LogP contribution < -0.4 is 0 Å². The summed E-state index contributed by atoms with van der Waals surface area (Å²) in [6, 6.07) is 0.809. The van der Waals surface area contributed by atoms with E-state index in [1.165, 1.54) is 12.8 Å². The van der Waals surface area contributed by atoms with Gasteiger partial charge in [0, 0.05) is 19.0 Å². The SMILES string of the molecule is O=C(O)CC1CCN(C2CC2)C1. The van der Waals surface area contributed by atoms with E-state index < -0.39 is 5.97 Å². The van der Waals surface area contributed by atoms with Crippen LogP contribution in [0.2, 0.25) is 0 Å². The van der Waals surface area contributed by atoms with Gasteiger partial charge in [-0.2, -0.15) is 0 Å². The summed E-state index contributed by atoms with van der Waals surface area (Å²) in [5.74, 6) is -0.222. The van der Waals surface area contributed by atoms with Crippen LogP contribution in [0.25, 0.3) is 0 Å². The van der Waals surface area contributed by atoms with Gasteiger partial charge in [0.25, 0.3) is 0 Å². The summed E-state index contributed by atoms with van der Waals surface area (Å²) >= 11 is 0. The molecule has 1 unspecified atom stereocenters. The number of carboxylic acids is 1. The fourth-order valence-electron chi connectivity index (χ4n) is 2.05. The van der Waals surface area contributed by atoms with Crippen LogP contribution in [0.1, 0.15) is 25.7 Å². The Morgan fingerprint density at radius 1 is 1.42 bits per heavy atom. The predicted octanol–water partition coefficient (Wildman–Crippen LogP) is 0.945. The smallest absolute Gasteiger partial charge is 0.303 e. The first-order valence-electron chi connectivity index (χ1n) is 4.71. The van der Waals surface area contributed by atoms with Gasteiger partial charge in [0.2, 0.25) is 0 Å². The minimum atomic E-state index is -0.641. The summed E-state index contributed by atoms with van der Waals surface area (Å²) in [4.78, 5) is 12.9. The molecule has 0 aromatic rings. The summed E-state index contributed by atoms with van der Waals surface area (Å²) in [7, 11) is 0. The number of nitrogens with zero attached hydrogens (tertiary/aromatic N) is 1. The summed E-state index contributed by atoms with van der Waals surface area (Å²) < 4.78 is 0.